The van der Waals surface area contributed by atoms with Crippen molar-refractivity contribution in [3.8, 4) is 11.1 Å². The first-order valence-corrected chi connectivity index (χ1v) is 14.5. The van der Waals surface area contributed by atoms with Crippen molar-refractivity contribution in [2.45, 2.75) is 84.5 Å². The van der Waals surface area contributed by atoms with Crippen LogP contribution in [-0.2, 0) is 17.3 Å². The molecule has 3 aliphatic rings. The Morgan fingerprint density at radius 1 is 0.421 bits per heavy atom. The first-order valence-electron chi connectivity index (χ1n) is 14.5. The second-order valence-electron chi connectivity index (χ2n) is 13.2. The highest BCUT2D eigenvalue weighted by molar-refractivity contribution is 5.80. The highest BCUT2D eigenvalue weighted by atomic mass is 14.4. The molecule has 0 unspecified atom stereocenters. The third kappa shape index (κ3) is 4.98. The zero-order valence-electron chi connectivity index (χ0n) is 24.3. The number of hydrogen-bond acceptors (Lipinski definition) is 0. The number of fused-ring (bicyclic) bond motifs is 5. The summed E-state index contributed by atoms with van der Waals surface area (Å²) in [7, 11) is 0. The fourth-order valence-corrected chi connectivity index (χ4v) is 6.92. The molecule has 0 N–H and O–H groups in total. The maximum absolute atomic E-state index is 2.36. The standard InChI is InChI=1S/C16H16.C15H14.C7H14/c1-16(2)14-9-5-3-7-12(14)11-13-8-4-6-10-15(13)16;1-15(2)13-9-5-3-7-11(13)12-8-4-6-10-14(12)15;1-7(2)5-3-4-6-7/h3-10H,11H2,1-2H3;3-10H,1-2H3;3-6H2,1-2H3. The van der Waals surface area contributed by atoms with Crippen LogP contribution in [0.5, 0.6) is 0 Å². The molecular weight excluding hydrogens is 456 g/mol. The molecule has 0 saturated heterocycles. The molecule has 0 heterocycles. The molecule has 3 aliphatic carbocycles. The summed E-state index contributed by atoms with van der Waals surface area (Å²) in [5.74, 6) is 0. The molecule has 1 fully saturated rings. The molecule has 0 amide bonds. The van der Waals surface area contributed by atoms with Crippen molar-refractivity contribution in [3.05, 3.63) is 130 Å². The molecule has 7 rings (SSSR count). The zero-order valence-corrected chi connectivity index (χ0v) is 24.3. The fraction of sp³-hybridized carbons (Fsp3) is 0.368. The summed E-state index contributed by atoms with van der Waals surface area (Å²) in [6.45, 7) is 14.0. The predicted molar refractivity (Wildman–Crippen MR) is 164 cm³/mol. The predicted octanol–water partition coefficient (Wildman–Crippen LogP) is 10.5. The van der Waals surface area contributed by atoms with E-state index in [4.69, 9.17) is 0 Å². The van der Waals surface area contributed by atoms with E-state index >= 15 is 0 Å². The molecule has 38 heavy (non-hydrogen) atoms. The Bertz CT molecular complexity index is 1310. The SMILES string of the molecule is CC1(C)CCCC1.CC1(C)c2ccccc2-c2ccccc21.CC1(C)c2ccccc2Cc2ccccc21. The minimum absolute atomic E-state index is 0.144. The highest BCUT2D eigenvalue weighted by Crippen LogP contribution is 2.48. The van der Waals surface area contributed by atoms with E-state index in [-0.39, 0.29) is 10.8 Å². The molecular formula is C38H44. The van der Waals surface area contributed by atoms with Crippen LogP contribution >= 0.6 is 0 Å². The van der Waals surface area contributed by atoms with E-state index in [9.17, 15) is 0 Å². The third-order valence-electron chi connectivity index (χ3n) is 9.21. The summed E-state index contributed by atoms with van der Waals surface area (Å²) < 4.78 is 0. The van der Waals surface area contributed by atoms with E-state index < -0.39 is 0 Å². The van der Waals surface area contributed by atoms with Gasteiger partial charge in [0, 0.05) is 10.8 Å². The molecule has 4 aromatic carbocycles. The third-order valence-corrected chi connectivity index (χ3v) is 9.21. The van der Waals surface area contributed by atoms with Crippen LogP contribution in [-0.4, -0.2) is 0 Å². The van der Waals surface area contributed by atoms with Crippen molar-refractivity contribution in [2.24, 2.45) is 5.41 Å². The molecule has 0 atom stereocenters. The van der Waals surface area contributed by atoms with Gasteiger partial charge in [0.05, 0.1) is 0 Å². The van der Waals surface area contributed by atoms with Gasteiger partial charge in [-0.05, 0) is 69.2 Å². The summed E-state index contributed by atoms with van der Waals surface area (Å²) in [5, 5.41) is 0. The second-order valence-corrected chi connectivity index (χ2v) is 13.2. The Kier molecular flexibility index (Phi) is 7.12. The maximum Gasteiger partial charge on any atom is 0.0158 e. The Morgan fingerprint density at radius 2 is 0.763 bits per heavy atom. The van der Waals surface area contributed by atoms with E-state index in [0.717, 1.165) is 6.42 Å². The molecule has 0 nitrogen and oxygen atoms in total. The van der Waals surface area contributed by atoms with E-state index in [1.807, 2.05) is 0 Å². The van der Waals surface area contributed by atoms with E-state index in [1.54, 1.807) is 0 Å². The summed E-state index contributed by atoms with van der Waals surface area (Å²) in [6, 6.07) is 35.1. The normalized spacial score (nSPS) is 18.4. The van der Waals surface area contributed by atoms with Crippen LogP contribution in [0, 0.1) is 5.41 Å². The molecule has 0 spiro atoms. The van der Waals surface area contributed by atoms with Crippen LogP contribution < -0.4 is 0 Å². The molecule has 0 aromatic heterocycles. The van der Waals surface area contributed by atoms with Gasteiger partial charge >= 0.3 is 0 Å². The lowest BCUT2D eigenvalue weighted by Gasteiger charge is -2.35. The molecule has 0 bridgehead atoms. The Morgan fingerprint density at radius 3 is 1.16 bits per heavy atom. The second kappa shape index (κ2) is 10.2. The number of hydrogen-bond donors (Lipinski definition) is 0. The summed E-state index contributed by atoms with van der Waals surface area (Å²) in [4.78, 5) is 0. The average Bonchev–Trinajstić information content (AvgIpc) is 3.43. The number of benzene rings is 4. The van der Waals surface area contributed by atoms with Gasteiger partial charge in [0.1, 0.15) is 0 Å². The van der Waals surface area contributed by atoms with Gasteiger partial charge in [0.15, 0.2) is 0 Å². The van der Waals surface area contributed by atoms with E-state index in [2.05, 4.69) is 139 Å². The van der Waals surface area contributed by atoms with Crippen LogP contribution in [0.3, 0.4) is 0 Å². The van der Waals surface area contributed by atoms with Gasteiger partial charge < -0.3 is 0 Å². The average molecular weight is 501 g/mol. The molecule has 4 aromatic rings. The van der Waals surface area contributed by atoms with Crippen LogP contribution in [0.4, 0.5) is 0 Å². The zero-order chi connectivity index (χ0) is 27.0. The summed E-state index contributed by atoms with van der Waals surface area (Å²) in [5.41, 5.74) is 12.6. The molecule has 0 aliphatic heterocycles. The van der Waals surface area contributed by atoms with Gasteiger partial charge in [-0.25, -0.2) is 0 Å². The monoisotopic (exact) mass is 500 g/mol. The van der Waals surface area contributed by atoms with Crippen molar-refractivity contribution in [1.82, 2.24) is 0 Å². The summed E-state index contributed by atoms with van der Waals surface area (Å²) >= 11 is 0. The van der Waals surface area contributed by atoms with Crippen LogP contribution in [0.25, 0.3) is 11.1 Å². The van der Waals surface area contributed by atoms with Crippen molar-refractivity contribution in [3.63, 3.8) is 0 Å². The Labute approximate surface area is 231 Å². The Balaban J connectivity index is 0.000000125. The van der Waals surface area contributed by atoms with Gasteiger partial charge in [-0.3, -0.25) is 0 Å². The summed E-state index contributed by atoms with van der Waals surface area (Å²) in [6.07, 6.45) is 6.91. The van der Waals surface area contributed by atoms with Crippen LogP contribution in [0.15, 0.2) is 97.1 Å². The lowest BCUT2D eigenvalue weighted by Crippen LogP contribution is -2.26. The quantitative estimate of drug-likeness (QED) is 0.225. The highest BCUT2D eigenvalue weighted by Gasteiger charge is 2.34. The fourth-order valence-electron chi connectivity index (χ4n) is 6.92. The van der Waals surface area contributed by atoms with E-state index in [1.165, 1.54) is 70.2 Å². The van der Waals surface area contributed by atoms with Crippen LogP contribution in [0.1, 0.15) is 101 Å². The first kappa shape index (κ1) is 26.5. The molecule has 196 valence electrons. The van der Waals surface area contributed by atoms with Crippen molar-refractivity contribution in [1.29, 1.82) is 0 Å². The molecule has 1 saturated carbocycles. The van der Waals surface area contributed by atoms with Gasteiger partial charge in [0.25, 0.3) is 0 Å². The largest absolute Gasteiger partial charge is 0.0620 e. The lowest BCUT2D eigenvalue weighted by molar-refractivity contribution is 0.382. The van der Waals surface area contributed by atoms with Crippen molar-refractivity contribution < 1.29 is 0 Å². The van der Waals surface area contributed by atoms with Gasteiger partial charge in [-0.15, -0.1) is 0 Å². The Hall–Kier alpha value is -3.12. The van der Waals surface area contributed by atoms with Gasteiger partial charge in [-0.1, -0.05) is 151 Å². The van der Waals surface area contributed by atoms with Crippen molar-refractivity contribution in [2.75, 3.05) is 0 Å². The van der Waals surface area contributed by atoms with Crippen molar-refractivity contribution >= 4 is 0 Å². The topological polar surface area (TPSA) is 0 Å². The maximum atomic E-state index is 2.36. The van der Waals surface area contributed by atoms with Gasteiger partial charge in [-0.2, -0.15) is 0 Å². The van der Waals surface area contributed by atoms with Gasteiger partial charge in [0.2, 0.25) is 0 Å². The lowest BCUT2D eigenvalue weighted by atomic mass is 9.69. The first-order chi connectivity index (χ1) is 18.1. The molecule has 0 heteroatoms. The van der Waals surface area contributed by atoms with E-state index in [0.29, 0.717) is 5.41 Å². The molecule has 0 radical (unpaired) electrons. The minimum atomic E-state index is 0.144. The minimum Gasteiger partial charge on any atom is -0.0620 e. The van der Waals surface area contributed by atoms with Crippen LogP contribution in [0.2, 0.25) is 0 Å². The number of rotatable bonds is 0. The smallest absolute Gasteiger partial charge is 0.0158 e.